The molecule has 0 bridgehead atoms. The van der Waals surface area contributed by atoms with Crippen molar-refractivity contribution in [3.05, 3.63) is 40.3 Å². The van der Waals surface area contributed by atoms with Crippen LogP contribution in [-0.2, 0) is 11.2 Å². The number of amides is 1. The molecule has 1 saturated heterocycles. The zero-order chi connectivity index (χ0) is 17.6. The Hall–Kier alpha value is -2.10. The lowest BCUT2D eigenvalue weighted by Gasteiger charge is -2.32. The number of benzene rings is 1. The summed E-state index contributed by atoms with van der Waals surface area (Å²) in [5, 5.41) is 9.51. The normalized spacial score (nSPS) is 20.0. The Morgan fingerprint density at radius 2 is 2.04 bits per heavy atom. The third-order valence-corrected chi connectivity index (χ3v) is 5.67. The van der Waals surface area contributed by atoms with Crippen LogP contribution in [0.4, 0.5) is 0 Å². The van der Waals surface area contributed by atoms with Gasteiger partial charge in [-0.2, -0.15) is 10.3 Å². The van der Waals surface area contributed by atoms with Gasteiger partial charge in [-0.3, -0.25) is 4.79 Å². The van der Waals surface area contributed by atoms with Gasteiger partial charge in [0.2, 0.25) is 0 Å². The van der Waals surface area contributed by atoms with Gasteiger partial charge in [-0.05, 0) is 35.4 Å². The summed E-state index contributed by atoms with van der Waals surface area (Å²) in [5.74, 6) is -0.140. The number of nitrogens with zero attached hydrogens (tertiary/aromatic N) is 3. The van der Waals surface area contributed by atoms with Crippen molar-refractivity contribution in [1.82, 2.24) is 4.90 Å². The molecular formula is C19H23N4OS+. The molecule has 2 heterocycles. The summed E-state index contributed by atoms with van der Waals surface area (Å²) < 4.78 is 0. The van der Waals surface area contributed by atoms with Crippen LogP contribution in [-0.4, -0.2) is 48.7 Å². The molecule has 1 fully saturated rings. The molecule has 1 amide bonds. The fraction of sp³-hybridized carbons (Fsp3) is 0.421. The van der Waals surface area contributed by atoms with Crippen molar-refractivity contribution in [3.8, 4) is 6.07 Å². The molecule has 25 heavy (non-hydrogen) atoms. The van der Waals surface area contributed by atoms with Gasteiger partial charge in [0.05, 0.1) is 50.1 Å². The molecule has 1 aromatic rings. The third-order valence-electron chi connectivity index (χ3n) is 4.63. The minimum atomic E-state index is -0.140. The van der Waals surface area contributed by atoms with Crippen molar-refractivity contribution < 1.29 is 9.69 Å². The number of nitriles is 1. The lowest BCUT2D eigenvalue weighted by Crippen LogP contribution is -3.14. The zero-order valence-corrected chi connectivity index (χ0v) is 15.3. The highest BCUT2D eigenvalue weighted by molar-refractivity contribution is 8.18. The maximum absolute atomic E-state index is 12.2. The smallest absolute Gasteiger partial charge is 0.286 e. The van der Waals surface area contributed by atoms with E-state index >= 15 is 0 Å². The predicted molar refractivity (Wildman–Crippen MR) is 101 cm³/mol. The summed E-state index contributed by atoms with van der Waals surface area (Å²) in [6, 6.07) is 10.5. The quantitative estimate of drug-likeness (QED) is 0.828. The number of amidine groups is 1. The summed E-state index contributed by atoms with van der Waals surface area (Å²) in [7, 11) is 0. The maximum atomic E-state index is 12.2. The molecule has 130 valence electrons. The Bertz CT molecular complexity index is 725. The van der Waals surface area contributed by atoms with Crippen molar-refractivity contribution in [3.63, 3.8) is 0 Å². The standard InChI is InChI=1S/C19H22N4OS/c1-2-15-4-6-16(7-5-15)14-17-18(24)21-19(25-17)23-12-10-22(11-13-23)9-3-8-20/h4-7,14H,2-3,9-13H2,1H3/p+1/b17-14-. The van der Waals surface area contributed by atoms with Crippen LogP contribution in [0.2, 0.25) is 0 Å². The average Bonchev–Trinajstić information content (AvgIpc) is 3.01. The highest BCUT2D eigenvalue weighted by atomic mass is 32.2. The summed E-state index contributed by atoms with van der Waals surface area (Å²) >= 11 is 1.48. The second-order valence-corrected chi connectivity index (χ2v) is 7.31. The largest absolute Gasteiger partial charge is 0.339 e. The molecule has 0 unspecified atom stereocenters. The fourth-order valence-corrected chi connectivity index (χ4v) is 4.00. The third kappa shape index (κ3) is 4.50. The summed E-state index contributed by atoms with van der Waals surface area (Å²) in [6.45, 7) is 6.80. The lowest BCUT2D eigenvalue weighted by molar-refractivity contribution is -0.903. The van der Waals surface area contributed by atoms with E-state index in [1.165, 1.54) is 22.2 Å². The van der Waals surface area contributed by atoms with Crippen molar-refractivity contribution in [2.24, 2.45) is 4.99 Å². The van der Waals surface area contributed by atoms with Crippen molar-refractivity contribution in [1.29, 1.82) is 5.26 Å². The van der Waals surface area contributed by atoms with Gasteiger partial charge in [-0.15, -0.1) is 0 Å². The van der Waals surface area contributed by atoms with E-state index in [9.17, 15) is 4.79 Å². The number of hydrogen-bond donors (Lipinski definition) is 1. The molecule has 1 aromatic carbocycles. The Balaban J connectivity index is 1.59. The van der Waals surface area contributed by atoms with Gasteiger partial charge >= 0.3 is 0 Å². The first-order valence-corrected chi connectivity index (χ1v) is 9.58. The first-order chi connectivity index (χ1) is 12.2. The van der Waals surface area contributed by atoms with Gasteiger partial charge in [0.15, 0.2) is 5.17 Å². The molecule has 0 aromatic heterocycles. The molecule has 0 saturated carbocycles. The minimum Gasteiger partial charge on any atom is -0.339 e. The molecule has 0 spiro atoms. The van der Waals surface area contributed by atoms with Crippen LogP contribution in [0.25, 0.3) is 6.08 Å². The molecule has 2 aliphatic rings. The van der Waals surface area contributed by atoms with E-state index in [0.717, 1.165) is 49.9 Å². The molecule has 0 aliphatic carbocycles. The van der Waals surface area contributed by atoms with E-state index in [1.807, 2.05) is 6.08 Å². The first-order valence-electron chi connectivity index (χ1n) is 8.76. The van der Waals surface area contributed by atoms with E-state index in [2.05, 4.69) is 47.2 Å². The van der Waals surface area contributed by atoms with Crippen molar-refractivity contribution in [2.45, 2.75) is 19.8 Å². The summed E-state index contributed by atoms with van der Waals surface area (Å²) in [4.78, 5) is 20.8. The van der Waals surface area contributed by atoms with Crippen molar-refractivity contribution >= 4 is 28.9 Å². The van der Waals surface area contributed by atoms with Crippen LogP contribution in [0.15, 0.2) is 34.2 Å². The number of aliphatic imine (C=N–C) groups is 1. The molecule has 3 rings (SSSR count). The van der Waals surface area contributed by atoms with Gasteiger partial charge in [-0.25, -0.2) is 0 Å². The lowest BCUT2D eigenvalue weighted by atomic mass is 10.1. The Kier molecular flexibility index (Phi) is 5.90. The van der Waals surface area contributed by atoms with E-state index in [4.69, 9.17) is 5.26 Å². The van der Waals surface area contributed by atoms with Crippen LogP contribution in [0, 0.1) is 11.3 Å². The number of carbonyl (C=O) groups excluding carboxylic acids is 1. The van der Waals surface area contributed by atoms with E-state index in [-0.39, 0.29) is 5.91 Å². The number of hydrogen-bond acceptors (Lipinski definition) is 4. The Labute approximate surface area is 153 Å². The second-order valence-electron chi connectivity index (χ2n) is 6.30. The zero-order valence-electron chi connectivity index (χ0n) is 14.5. The van der Waals surface area contributed by atoms with Crippen molar-refractivity contribution in [2.75, 3.05) is 32.7 Å². The van der Waals surface area contributed by atoms with Crippen LogP contribution in [0.5, 0.6) is 0 Å². The van der Waals surface area contributed by atoms with Crippen LogP contribution in [0.3, 0.4) is 0 Å². The minimum absolute atomic E-state index is 0.140. The topological polar surface area (TPSA) is 60.9 Å². The highest BCUT2D eigenvalue weighted by Gasteiger charge is 2.29. The van der Waals surface area contributed by atoms with Crippen LogP contribution in [0.1, 0.15) is 24.5 Å². The summed E-state index contributed by atoms with van der Waals surface area (Å²) in [6.07, 6.45) is 3.55. The van der Waals surface area contributed by atoms with E-state index < -0.39 is 0 Å². The Morgan fingerprint density at radius 1 is 1.32 bits per heavy atom. The number of rotatable bonds is 4. The number of nitrogens with one attached hydrogen (secondary N) is 1. The maximum Gasteiger partial charge on any atom is 0.286 e. The van der Waals surface area contributed by atoms with Crippen LogP contribution >= 0.6 is 11.8 Å². The number of quaternary nitrogens is 1. The van der Waals surface area contributed by atoms with E-state index in [0.29, 0.717) is 11.3 Å². The van der Waals surface area contributed by atoms with Gasteiger partial charge in [0, 0.05) is 0 Å². The monoisotopic (exact) mass is 355 g/mol. The number of aryl methyl sites for hydroxylation is 1. The van der Waals surface area contributed by atoms with Gasteiger partial charge in [0.25, 0.3) is 5.91 Å². The SMILES string of the molecule is CCc1ccc(/C=C2\SC(N3CC[NH+](CCC#N)CC3)=NC2=O)cc1. The molecule has 2 aliphatic heterocycles. The molecule has 6 heteroatoms. The van der Waals surface area contributed by atoms with Crippen LogP contribution < -0.4 is 4.90 Å². The van der Waals surface area contributed by atoms with Gasteiger partial charge in [0.1, 0.15) is 0 Å². The molecule has 1 N–H and O–H groups in total. The molecular weight excluding hydrogens is 332 g/mol. The average molecular weight is 355 g/mol. The number of thioether (sulfide) groups is 1. The molecule has 0 radical (unpaired) electrons. The van der Waals surface area contributed by atoms with Gasteiger partial charge in [-0.1, -0.05) is 31.2 Å². The first kappa shape index (κ1) is 17.7. The Morgan fingerprint density at radius 3 is 2.68 bits per heavy atom. The fourth-order valence-electron chi connectivity index (χ4n) is 3.03. The predicted octanol–water partition coefficient (Wildman–Crippen LogP) is 1.33. The van der Waals surface area contributed by atoms with E-state index in [1.54, 1.807) is 0 Å². The molecule has 0 atom stereocenters. The summed E-state index contributed by atoms with van der Waals surface area (Å²) in [5.41, 5.74) is 2.33. The molecule has 5 nitrogen and oxygen atoms in total. The second kappa shape index (κ2) is 8.32. The number of carbonyl (C=O) groups is 1. The van der Waals surface area contributed by atoms with Gasteiger partial charge < -0.3 is 9.80 Å². The highest BCUT2D eigenvalue weighted by Crippen LogP contribution is 2.30. The number of piperazine rings is 1.